The van der Waals surface area contributed by atoms with Crippen LogP contribution in [0, 0.1) is 0 Å². The van der Waals surface area contributed by atoms with Crippen molar-refractivity contribution in [2.75, 3.05) is 37.9 Å². The molecular weight excluding hydrogens is 330 g/mol. The third-order valence-corrected chi connectivity index (χ3v) is 5.29. The van der Waals surface area contributed by atoms with Gasteiger partial charge in [-0.25, -0.2) is 0 Å². The van der Waals surface area contributed by atoms with E-state index in [0.717, 1.165) is 30.8 Å². The molecule has 26 heavy (non-hydrogen) atoms. The van der Waals surface area contributed by atoms with Crippen LogP contribution in [0.3, 0.4) is 0 Å². The molecule has 6 nitrogen and oxygen atoms in total. The molecule has 0 radical (unpaired) electrons. The minimum Gasteiger partial charge on any atom is -0.378 e. The summed E-state index contributed by atoms with van der Waals surface area (Å²) >= 11 is 0. The van der Waals surface area contributed by atoms with Crippen LogP contribution in [0.5, 0.6) is 0 Å². The SMILES string of the molecule is CC1=NN(c2ccc(C(=O)N3CC(C)(C)OC4(CCOC4)C3)cc2)CC1. The second kappa shape index (κ2) is 6.35. The Morgan fingerprint density at radius 3 is 2.58 bits per heavy atom. The Bertz CT molecular complexity index is 720. The van der Waals surface area contributed by atoms with Crippen molar-refractivity contribution in [1.29, 1.82) is 0 Å². The zero-order valence-corrected chi connectivity index (χ0v) is 15.8. The number of rotatable bonds is 2. The number of hydrogen-bond acceptors (Lipinski definition) is 5. The molecule has 0 N–H and O–H groups in total. The van der Waals surface area contributed by atoms with Gasteiger partial charge in [0.15, 0.2) is 0 Å². The van der Waals surface area contributed by atoms with Crippen molar-refractivity contribution in [3.63, 3.8) is 0 Å². The summed E-state index contributed by atoms with van der Waals surface area (Å²) in [5, 5.41) is 6.51. The van der Waals surface area contributed by atoms with Crippen LogP contribution in [0.15, 0.2) is 29.4 Å². The molecule has 1 aromatic carbocycles. The molecule has 2 fully saturated rings. The van der Waals surface area contributed by atoms with Gasteiger partial charge in [0.05, 0.1) is 24.4 Å². The Balaban J connectivity index is 1.51. The van der Waals surface area contributed by atoms with Crippen LogP contribution in [-0.4, -0.2) is 60.6 Å². The second-order valence-corrected chi connectivity index (χ2v) is 8.26. The van der Waals surface area contributed by atoms with Crippen molar-refractivity contribution in [2.45, 2.75) is 44.8 Å². The van der Waals surface area contributed by atoms with E-state index in [1.807, 2.05) is 54.9 Å². The fourth-order valence-electron chi connectivity index (χ4n) is 4.17. The number of hydrazone groups is 1. The summed E-state index contributed by atoms with van der Waals surface area (Å²) in [5.41, 5.74) is 2.15. The fourth-order valence-corrected chi connectivity index (χ4v) is 4.17. The molecule has 1 spiro atoms. The minimum atomic E-state index is -0.372. The van der Waals surface area contributed by atoms with Gasteiger partial charge < -0.3 is 14.4 Å². The summed E-state index contributed by atoms with van der Waals surface area (Å²) in [6.45, 7) is 9.47. The van der Waals surface area contributed by atoms with E-state index >= 15 is 0 Å². The van der Waals surface area contributed by atoms with Gasteiger partial charge >= 0.3 is 0 Å². The number of hydrogen-bond donors (Lipinski definition) is 0. The molecule has 0 aromatic heterocycles. The van der Waals surface area contributed by atoms with Crippen molar-refractivity contribution in [1.82, 2.24) is 4.90 Å². The first-order valence-electron chi connectivity index (χ1n) is 9.35. The third kappa shape index (κ3) is 3.35. The molecule has 1 atom stereocenters. The molecule has 1 unspecified atom stereocenters. The number of nitrogens with zero attached hydrogens (tertiary/aromatic N) is 3. The number of morpholine rings is 1. The lowest BCUT2D eigenvalue weighted by Gasteiger charge is -2.48. The number of benzene rings is 1. The van der Waals surface area contributed by atoms with E-state index in [1.165, 1.54) is 0 Å². The lowest BCUT2D eigenvalue weighted by atomic mass is 9.94. The zero-order chi connectivity index (χ0) is 18.4. The highest BCUT2D eigenvalue weighted by Gasteiger charge is 2.48. The van der Waals surface area contributed by atoms with Gasteiger partial charge in [-0.1, -0.05) is 0 Å². The molecule has 0 bridgehead atoms. The molecule has 4 rings (SSSR count). The van der Waals surface area contributed by atoms with Gasteiger partial charge in [-0.15, -0.1) is 0 Å². The second-order valence-electron chi connectivity index (χ2n) is 8.26. The summed E-state index contributed by atoms with van der Waals surface area (Å²) in [7, 11) is 0. The average molecular weight is 357 g/mol. The summed E-state index contributed by atoms with van der Waals surface area (Å²) in [5.74, 6) is 0.0558. The summed E-state index contributed by atoms with van der Waals surface area (Å²) in [6, 6.07) is 7.77. The standard InChI is InChI=1S/C20H27N3O3/c1-15-8-10-23(21-15)17-6-4-16(5-7-17)18(24)22-12-19(2,3)26-20(13-22)9-11-25-14-20/h4-7H,8-14H2,1-3H3. The number of anilines is 1. The molecular formula is C20H27N3O3. The Hall–Kier alpha value is -1.92. The molecule has 2 saturated heterocycles. The van der Waals surface area contributed by atoms with Crippen LogP contribution in [-0.2, 0) is 9.47 Å². The molecule has 0 saturated carbocycles. The molecule has 1 aromatic rings. The highest BCUT2D eigenvalue weighted by molar-refractivity contribution is 5.95. The smallest absolute Gasteiger partial charge is 0.254 e. The largest absolute Gasteiger partial charge is 0.378 e. The van der Waals surface area contributed by atoms with E-state index < -0.39 is 0 Å². The van der Waals surface area contributed by atoms with Crippen molar-refractivity contribution < 1.29 is 14.3 Å². The predicted molar refractivity (Wildman–Crippen MR) is 101 cm³/mol. The van der Waals surface area contributed by atoms with Gasteiger partial charge in [0.25, 0.3) is 5.91 Å². The Kier molecular flexibility index (Phi) is 4.28. The average Bonchev–Trinajstić information content (AvgIpc) is 3.22. The van der Waals surface area contributed by atoms with Gasteiger partial charge in [0, 0.05) is 43.8 Å². The first-order valence-corrected chi connectivity index (χ1v) is 9.35. The normalized spacial score (nSPS) is 27.9. The first kappa shape index (κ1) is 17.5. The van der Waals surface area contributed by atoms with Crippen molar-refractivity contribution in [3.05, 3.63) is 29.8 Å². The van der Waals surface area contributed by atoms with Gasteiger partial charge in [-0.2, -0.15) is 5.10 Å². The van der Waals surface area contributed by atoms with E-state index in [9.17, 15) is 4.79 Å². The van der Waals surface area contributed by atoms with Crippen LogP contribution in [0.25, 0.3) is 0 Å². The summed E-state index contributed by atoms with van der Waals surface area (Å²) in [6.07, 6.45) is 1.83. The minimum absolute atomic E-state index is 0.0558. The molecule has 6 heteroatoms. The van der Waals surface area contributed by atoms with E-state index in [2.05, 4.69) is 5.10 Å². The number of carbonyl (C=O) groups excluding carboxylic acids is 1. The lowest BCUT2D eigenvalue weighted by Crippen LogP contribution is -2.61. The molecule has 3 aliphatic rings. The molecule has 1 amide bonds. The van der Waals surface area contributed by atoms with Gasteiger partial charge in [-0.3, -0.25) is 9.80 Å². The molecule has 3 aliphatic heterocycles. The third-order valence-electron chi connectivity index (χ3n) is 5.29. The van der Waals surface area contributed by atoms with Crippen molar-refractivity contribution >= 4 is 17.3 Å². The summed E-state index contributed by atoms with van der Waals surface area (Å²) in [4.78, 5) is 15.0. The van der Waals surface area contributed by atoms with Gasteiger partial charge in [-0.05, 0) is 45.0 Å². The van der Waals surface area contributed by atoms with Crippen molar-refractivity contribution in [2.24, 2.45) is 5.10 Å². The molecule has 0 aliphatic carbocycles. The Morgan fingerprint density at radius 1 is 1.19 bits per heavy atom. The van der Waals surface area contributed by atoms with E-state index in [-0.39, 0.29) is 17.1 Å². The van der Waals surface area contributed by atoms with Crippen molar-refractivity contribution in [3.8, 4) is 0 Å². The number of carbonyl (C=O) groups is 1. The maximum Gasteiger partial charge on any atom is 0.254 e. The predicted octanol–water partition coefficient (Wildman–Crippen LogP) is 2.68. The monoisotopic (exact) mass is 357 g/mol. The quantitative estimate of drug-likeness (QED) is 0.817. The zero-order valence-electron chi connectivity index (χ0n) is 15.8. The van der Waals surface area contributed by atoms with Crippen LogP contribution in [0.1, 0.15) is 44.0 Å². The van der Waals surface area contributed by atoms with E-state index in [4.69, 9.17) is 9.47 Å². The van der Waals surface area contributed by atoms with E-state index in [1.54, 1.807) is 0 Å². The molecule has 3 heterocycles. The first-order chi connectivity index (χ1) is 12.4. The van der Waals surface area contributed by atoms with Crippen LogP contribution in [0.2, 0.25) is 0 Å². The van der Waals surface area contributed by atoms with E-state index in [0.29, 0.717) is 31.9 Å². The maximum atomic E-state index is 13.1. The topological polar surface area (TPSA) is 54.4 Å². The van der Waals surface area contributed by atoms with Crippen LogP contribution in [0.4, 0.5) is 5.69 Å². The highest BCUT2D eigenvalue weighted by atomic mass is 16.6. The maximum absolute atomic E-state index is 13.1. The van der Waals surface area contributed by atoms with Gasteiger partial charge in [0.2, 0.25) is 0 Å². The fraction of sp³-hybridized carbons (Fsp3) is 0.600. The van der Waals surface area contributed by atoms with Gasteiger partial charge in [0.1, 0.15) is 5.60 Å². The number of amides is 1. The Morgan fingerprint density at radius 2 is 1.96 bits per heavy atom. The highest BCUT2D eigenvalue weighted by Crippen LogP contribution is 2.35. The molecule has 140 valence electrons. The lowest BCUT2D eigenvalue weighted by molar-refractivity contribution is -0.186. The van der Waals surface area contributed by atoms with Crippen LogP contribution >= 0.6 is 0 Å². The number of ether oxygens (including phenoxy) is 2. The Labute approximate surface area is 154 Å². The summed E-state index contributed by atoms with van der Waals surface area (Å²) < 4.78 is 11.9. The van der Waals surface area contributed by atoms with Crippen LogP contribution < -0.4 is 5.01 Å².